The first-order chi connectivity index (χ1) is 13.1. The molecule has 4 rings (SSSR count). The number of aryl methyl sites for hydroxylation is 1. The molecule has 1 amide bonds. The van der Waals surface area contributed by atoms with Crippen molar-refractivity contribution >= 4 is 17.4 Å². The van der Waals surface area contributed by atoms with Crippen LogP contribution in [0.2, 0.25) is 0 Å². The van der Waals surface area contributed by atoms with Crippen LogP contribution in [0.15, 0.2) is 36.7 Å². The van der Waals surface area contributed by atoms with Gasteiger partial charge in [-0.3, -0.25) is 9.59 Å². The van der Waals surface area contributed by atoms with Crippen molar-refractivity contribution in [3.63, 3.8) is 0 Å². The minimum atomic E-state index is -0.173. The topological polar surface area (TPSA) is 58.4 Å². The molecule has 2 fully saturated rings. The minimum Gasteiger partial charge on any atom is -0.372 e. The van der Waals surface area contributed by atoms with Crippen LogP contribution in [-0.2, 0) is 7.05 Å². The summed E-state index contributed by atoms with van der Waals surface area (Å²) in [5.74, 6) is 0.349. The summed E-state index contributed by atoms with van der Waals surface area (Å²) in [5.41, 5.74) is 1.88. The molecule has 1 unspecified atom stereocenters. The number of ketones is 1. The molecule has 1 aromatic heterocycles. The largest absolute Gasteiger partial charge is 0.372 e. The van der Waals surface area contributed by atoms with Gasteiger partial charge >= 0.3 is 0 Å². The van der Waals surface area contributed by atoms with Crippen LogP contribution in [0.3, 0.4) is 0 Å². The fourth-order valence-corrected chi connectivity index (χ4v) is 4.13. The molecule has 0 N–H and O–H groups in total. The van der Waals surface area contributed by atoms with Gasteiger partial charge in [-0.1, -0.05) is 0 Å². The molecule has 6 heteroatoms. The van der Waals surface area contributed by atoms with Gasteiger partial charge in [0.25, 0.3) is 5.91 Å². The fraction of sp³-hybridized carbons (Fsp3) is 0.476. The van der Waals surface area contributed by atoms with Crippen molar-refractivity contribution in [3.8, 4) is 0 Å². The van der Waals surface area contributed by atoms with Crippen LogP contribution in [0.1, 0.15) is 46.7 Å². The lowest BCUT2D eigenvalue weighted by Crippen LogP contribution is -2.42. The molecule has 0 bridgehead atoms. The van der Waals surface area contributed by atoms with E-state index in [0.29, 0.717) is 24.5 Å². The monoisotopic (exact) mass is 366 g/mol. The lowest BCUT2D eigenvalue weighted by Gasteiger charge is -2.32. The molecule has 27 heavy (non-hydrogen) atoms. The van der Waals surface area contributed by atoms with Crippen LogP contribution in [0.25, 0.3) is 0 Å². The number of imidazole rings is 1. The highest BCUT2D eigenvalue weighted by atomic mass is 16.2. The van der Waals surface area contributed by atoms with Crippen LogP contribution in [0, 0.1) is 5.92 Å². The molecule has 6 nitrogen and oxygen atoms in total. The lowest BCUT2D eigenvalue weighted by atomic mass is 9.92. The first-order valence-corrected chi connectivity index (χ1v) is 9.79. The SMILES string of the molecule is Cn1ccnc1C(=O)C1CCCN(C(=O)c2ccc(N3CCCC3)cc2)C1. The molecule has 2 aromatic rings. The minimum absolute atomic E-state index is 0.0142. The Labute approximate surface area is 159 Å². The number of aromatic nitrogens is 2. The summed E-state index contributed by atoms with van der Waals surface area (Å²) in [6.07, 6.45) is 7.55. The number of anilines is 1. The Balaban J connectivity index is 1.44. The first kappa shape index (κ1) is 17.8. The Hall–Kier alpha value is -2.63. The van der Waals surface area contributed by atoms with Crippen molar-refractivity contribution in [2.24, 2.45) is 13.0 Å². The summed E-state index contributed by atoms with van der Waals surface area (Å²) in [7, 11) is 1.83. The molecule has 0 spiro atoms. The summed E-state index contributed by atoms with van der Waals surface area (Å²) in [5, 5.41) is 0. The van der Waals surface area contributed by atoms with Crippen LogP contribution in [0.5, 0.6) is 0 Å². The molecule has 0 aliphatic carbocycles. The van der Waals surface area contributed by atoms with Gasteiger partial charge in [-0.15, -0.1) is 0 Å². The third-order valence-corrected chi connectivity index (χ3v) is 5.71. The second-order valence-electron chi connectivity index (χ2n) is 7.56. The number of rotatable bonds is 4. The average molecular weight is 366 g/mol. The quantitative estimate of drug-likeness (QED) is 0.781. The van der Waals surface area contributed by atoms with Gasteiger partial charge < -0.3 is 14.4 Å². The first-order valence-electron chi connectivity index (χ1n) is 9.79. The molecule has 2 aliphatic rings. The Morgan fingerprint density at radius 2 is 1.78 bits per heavy atom. The van der Waals surface area contributed by atoms with E-state index < -0.39 is 0 Å². The van der Waals surface area contributed by atoms with Gasteiger partial charge in [-0.25, -0.2) is 4.98 Å². The normalized spacial score (nSPS) is 20.1. The highest BCUT2D eigenvalue weighted by molar-refractivity contribution is 5.97. The van der Waals surface area contributed by atoms with Gasteiger partial charge in [-0.2, -0.15) is 0 Å². The standard InChI is InChI=1S/C21H26N4O2/c1-23-14-10-22-20(23)19(26)17-5-4-13-25(15-17)21(27)16-6-8-18(9-7-16)24-11-2-3-12-24/h6-10,14,17H,2-5,11-13,15H2,1H3. The number of benzene rings is 1. The van der Waals surface area contributed by atoms with Gasteiger partial charge in [-0.05, 0) is 49.9 Å². The third-order valence-electron chi connectivity index (χ3n) is 5.71. The Bertz CT molecular complexity index is 821. The molecule has 0 radical (unpaired) electrons. The van der Waals surface area contributed by atoms with E-state index in [-0.39, 0.29) is 17.6 Å². The zero-order chi connectivity index (χ0) is 18.8. The molecule has 1 aromatic carbocycles. The number of carbonyl (C=O) groups excluding carboxylic acids is 2. The van der Waals surface area contributed by atoms with Crippen LogP contribution in [0.4, 0.5) is 5.69 Å². The Morgan fingerprint density at radius 3 is 2.44 bits per heavy atom. The third kappa shape index (κ3) is 3.61. The second-order valence-corrected chi connectivity index (χ2v) is 7.56. The number of Topliss-reactive ketones (excluding diaryl/α,β-unsaturated/α-hetero) is 1. The Morgan fingerprint density at radius 1 is 1.04 bits per heavy atom. The predicted octanol–water partition coefficient (Wildman–Crippen LogP) is 2.76. The van der Waals surface area contributed by atoms with E-state index in [4.69, 9.17) is 0 Å². The predicted molar refractivity (Wildman–Crippen MR) is 104 cm³/mol. The maximum atomic E-state index is 12.9. The zero-order valence-electron chi connectivity index (χ0n) is 15.8. The molecule has 1 atom stereocenters. The van der Waals surface area contributed by atoms with Crippen LogP contribution in [-0.4, -0.2) is 52.3 Å². The summed E-state index contributed by atoms with van der Waals surface area (Å²) < 4.78 is 1.75. The highest BCUT2D eigenvalue weighted by Gasteiger charge is 2.31. The van der Waals surface area contributed by atoms with Gasteiger partial charge in [0, 0.05) is 62.8 Å². The molecular weight excluding hydrogens is 340 g/mol. The number of hydrogen-bond donors (Lipinski definition) is 0. The van der Waals surface area contributed by atoms with Crippen molar-refractivity contribution in [1.82, 2.24) is 14.5 Å². The summed E-state index contributed by atoms with van der Waals surface area (Å²) in [6, 6.07) is 7.92. The van der Waals surface area contributed by atoms with E-state index in [1.807, 2.05) is 36.2 Å². The van der Waals surface area contributed by atoms with Gasteiger partial charge in [0.2, 0.25) is 5.78 Å². The second kappa shape index (κ2) is 7.55. The zero-order valence-corrected chi connectivity index (χ0v) is 15.8. The van der Waals surface area contributed by atoms with E-state index in [0.717, 1.165) is 25.9 Å². The van der Waals surface area contributed by atoms with Crippen molar-refractivity contribution < 1.29 is 9.59 Å². The lowest BCUT2D eigenvalue weighted by molar-refractivity contribution is 0.0633. The molecule has 2 aliphatic heterocycles. The van der Waals surface area contributed by atoms with Crippen molar-refractivity contribution in [2.75, 3.05) is 31.1 Å². The van der Waals surface area contributed by atoms with Crippen molar-refractivity contribution in [2.45, 2.75) is 25.7 Å². The van der Waals surface area contributed by atoms with E-state index in [1.54, 1.807) is 17.0 Å². The van der Waals surface area contributed by atoms with Gasteiger partial charge in [0.1, 0.15) is 0 Å². The van der Waals surface area contributed by atoms with E-state index in [1.165, 1.54) is 18.5 Å². The van der Waals surface area contributed by atoms with Crippen LogP contribution < -0.4 is 4.90 Å². The number of hydrogen-bond acceptors (Lipinski definition) is 4. The summed E-state index contributed by atoms with van der Waals surface area (Å²) in [6.45, 7) is 3.36. The number of piperidine rings is 1. The molecule has 3 heterocycles. The van der Waals surface area contributed by atoms with Crippen molar-refractivity contribution in [1.29, 1.82) is 0 Å². The molecule has 142 valence electrons. The number of carbonyl (C=O) groups is 2. The van der Waals surface area contributed by atoms with E-state index in [9.17, 15) is 9.59 Å². The van der Waals surface area contributed by atoms with Gasteiger partial charge in [0.15, 0.2) is 5.82 Å². The average Bonchev–Trinajstić information content (AvgIpc) is 3.39. The molecular formula is C21H26N4O2. The van der Waals surface area contributed by atoms with Crippen molar-refractivity contribution in [3.05, 3.63) is 48.0 Å². The number of nitrogens with zero attached hydrogens (tertiary/aromatic N) is 4. The number of likely N-dealkylation sites (tertiary alicyclic amines) is 1. The molecule has 0 saturated carbocycles. The summed E-state index contributed by atoms with van der Waals surface area (Å²) in [4.78, 5) is 34.0. The van der Waals surface area contributed by atoms with E-state index in [2.05, 4.69) is 9.88 Å². The maximum absolute atomic E-state index is 12.9. The van der Waals surface area contributed by atoms with E-state index >= 15 is 0 Å². The van der Waals surface area contributed by atoms with Gasteiger partial charge in [0.05, 0.1) is 0 Å². The smallest absolute Gasteiger partial charge is 0.253 e. The highest BCUT2D eigenvalue weighted by Crippen LogP contribution is 2.24. The molecule has 2 saturated heterocycles. The van der Waals surface area contributed by atoms with Crippen LogP contribution >= 0.6 is 0 Å². The number of amides is 1. The summed E-state index contributed by atoms with van der Waals surface area (Å²) >= 11 is 0. The maximum Gasteiger partial charge on any atom is 0.253 e. The fourth-order valence-electron chi connectivity index (χ4n) is 4.13. The Kier molecular flexibility index (Phi) is 4.97.